The largest absolute Gasteiger partial charge is 0.435 e. The van der Waals surface area contributed by atoms with Crippen LogP contribution >= 0.6 is 0 Å². The molecule has 0 spiro atoms. The first kappa shape index (κ1) is 13.3. The van der Waals surface area contributed by atoms with Gasteiger partial charge in [-0.2, -0.15) is 18.3 Å². The molecule has 0 unspecified atom stereocenters. The Morgan fingerprint density at radius 2 is 2.00 bits per heavy atom. The highest BCUT2D eigenvalue weighted by Crippen LogP contribution is 2.26. The van der Waals surface area contributed by atoms with Crippen LogP contribution in [0.5, 0.6) is 0 Å². The molecule has 0 N–H and O–H groups in total. The molecule has 0 saturated carbocycles. The van der Waals surface area contributed by atoms with Crippen LogP contribution in [0.3, 0.4) is 0 Å². The summed E-state index contributed by atoms with van der Waals surface area (Å²) in [5.41, 5.74) is -1.60. The molecule has 8 heteroatoms. The first-order valence-electron chi connectivity index (χ1n) is 5.58. The molecule has 0 radical (unpaired) electrons. The van der Waals surface area contributed by atoms with Gasteiger partial charge in [-0.15, -0.1) is 0 Å². The lowest BCUT2D eigenvalue weighted by molar-refractivity contribution is -0.142. The summed E-state index contributed by atoms with van der Waals surface area (Å²) < 4.78 is 40.0. The quantitative estimate of drug-likeness (QED) is 0.848. The van der Waals surface area contributed by atoms with E-state index in [0.717, 1.165) is 10.7 Å². The molecule has 2 aromatic rings. The highest BCUT2D eigenvalue weighted by atomic mass is 19.4. The summed E-state index contributed by atoms with van der Waals surface area (Å²) in [5, 5.41) is 3.32. The summed E-state index contributed by atoms with van der Waals surface area (Å²) in [4.78, 5) is 15.2. The molecule has 2 rings (SSSR count). The summed E-state index contributed by atoms with van der Waals surface area (Å²) in [6, 6.07) is 1.57. The molecule has 2 aromatic heterocycles. The second kappa shape index (κ2) is 5.25. The molecule has 102 valence electrons. The Hall–Kier alpha value is -2.12. The number of alkyl halides is 3. The number of halogens is 3. The van der Waals surface area contributed by atoms with Crippen molar-refractivity contribution in [2.45, 2.75) is 25.7 Å². The molecule has 0 aliphatic carbocycles. The number of rotatable bonds is 4. The van der Waals surface area contributed by atoms with E-state index in [0.29, 0.717) is 19.0 Å². The standard InChI is InChI=1S/C11H11F3N4O/c12-11(13,14)9-2-3-10(19)18(16-9)6-1-5-17-7-4-15-8-17/h2-4,7-8H,1,5-6H2. The monoisotopic (exact) mass is 272 g/mol. The third-order valence-electron chi connectivity index (χ3n) is 2.50. The lowest BCUT2D eigenvalue weighted by Gasteiger charge is -2.09. The average Bonchev–Trinajstić information content (AvgIpc) is 2.83. The second-order valence-corrected chi connectivity index (χ2v) is 3.93. The fourth-order valence-corrected chi connectivity index (χ4v) is 1.58. The summed E-state index contributed by atoms with van der Waals surface area (Å²) in [6.45, 7) is 0.686. The molecule has 0 saturated heterocycles. The van der Waals surface area contributed by atoms with Gasteiger partial charge in [0.2, 0.25) is 0 Å². The van der Waals surface area contributed by atoms with Crippen LogP contribution in [-0.2, 0) is 19.3 Å². The highest BCUT2D eigenvalue weighted by molar-refractivity contribution is 5.04. The molecule has 19 heavy (non-hydrogen) atoms. The van der Waals surface area contributed by atoms with E-state index in [1.165, 1.54) is 0 Å². The first-order valence-corrected chi connectivity index (χ1v) is 5.58. The van der Waals surface area contributed by atoms with Crippen molar-refractivity contribution in [3.8, 4) is 0 Å². The minimum Gasteiger partial charge on any atom is -0.337 e. The van der Waals surface area contributed by atoms with Crippen LogP contribution in [0.1, 0.15) is 12.1 Å². The molecular formula is C11H11F3N4O. The second-order valence-electron chi connectivity index (χ2n) is 3.93. The zero-order chi connectivity index (χ0) is 13.9. The highest BCUT2D eigenvalue weighted by Gasteiger charge is 2.33. The third-order valence-corrected chi connectivity index (χ3v) is 2.50. The number of aromatic nitrogens is 4. The number of hydrogen-bond acceptors (Lipinski definition) is 3. The Labute approximate surface area is 106 Å². The molecule has 5 nitrogen and oxygen atoms in total. The SMILES string of the molecule is O=c1ccc(C(F)(F)F)nn1CCCn1ccnc1. The maximum Gasteiger partial charge on any atom is 0.435 e. The van der Waals surface area contributed by atoms with Gasteiger partial charge in [0.15, 0.2) is 5.69 Å². The van der Waals surface area contributed by atoms with Crippen molar-refractivity contribution in [3.05, 3.63) is 46.9 Å². The third kappa shape index (κ3) is 3.43. The number of nitrogens with zero attached hydrogens (tertiary/aromatic N) is 4. The van der Waals surface area contributed by atoms with Gasteiger partial charge in [-0.05, 0) is 12.5 Å². The van der Waals surface area contributed by atoms with Gasteiger partial charge < -0.3 is 4.57 Å². The van der Waals surface area contributed by atoms with E-state index in [1.54, 1.807) is 23.3 Å². The van der Waals surface area contributed by atoms with Crippen LogP contribution < -0.4 is 5.56 Å². The van der Waals surface area contributed by atoms with Gasteiger partial charge >= 0.3 is 6.18 Å². The maximum atomic E-state index is 12.5. The lowest BCUT2D eigenvalue weighted by Crippen LogP contribution is -2.26. The van der Waals surface area contributed by atoms with Crippen molar-refractivity contribution in [3.63, 3.8) is 0 Å². The predicted molar refractivity (Wildman–Crippen MR) is 60.3 cm³/mol. The zero-order valence-electron chi connectivity index (χ0n) is 9.84. The van der Waals surface area contributed by atoms with Crippen molar-refractivity contribution in [2.75, 3.05) is 0 Å². The Morgan fingerprint density at radius 3 is 2.63 bits per heavy atom. The molecule has 0 aliphatic rings. The predicted octanol–water partition coefficient (Wildman–Crippen LogP) is 1.55. The van der Waals surface area contributed by atoms with E-state index in [1.807, 2.05) is 0 Å². The Bertz CT molecular complexity index is 589. The zero-order valence-corrected chi connectivity index (χ0v) is 9.84. The molecule has 0 atom stereocenters. The topological polar surface area (TPSA) is 52.7 Å². The summed E-state index contributed by atoms with van der Waals surface area (Å²) in [5.74, 6) is 0. The summed E-state index contributed by atoms with van der Waals surface area (Å²) in [7, 11) is 0. The molecule has 0 aliphatic heterocycles. The van der Waals surface area contributed by atoms with Gasteiger partial charge in [0.1, 0.15) is 0 Å². The normalized spacial score (nSPS) is 11.7. The first-order chi connectivity index (χ1) is 8.97. The van der Waals surface area contributed by atoms with E-state index in [-0.39, 0.29) is 6.54 Å². The van der Waals surface area contributed by atoms with Crippen LogP contribution in [0.15, 0.2) is 35.6 Å². The van der Waals surface area contributed by atoms with Crippen LogP contribution in [0, 0.1) is 0 Å². The molecule has 0 fully saturated rings. The number of aryl methyl sites for hydroxylation is 2. The van der Waals surface area contributed by atoms with Gasteiger partial charge in [0.05, 0.1) is 6.33 Å². The van der Waals surface area contributed by atoms with E-state index >= 15 is 0 Å². The van der Waals surface area contributed by atoms with E-state index < -0.39 is 17.4 Å². The van der Waals surface area contributed by atoms with Gasteiger partial charge in [0, 0.05) is 31.5 Å². The molecule has 0 aromatic carbocycles. The Kier molecular flexibility index (Phi) is 3.68. The minimum atomic E-state index is -4.54. The Morgan fingerprint density at radius 1 is 1.21 bits per heavy atom. The van der Waals surface area contributed by atoms with Crippen LogP contribution in [-0.4, -0.2) is 19.3 Å². The van der Waals surface area contributed by atoms with Crippen LogP contribution in [0.4, 0.5) is 13.2 Å². The number of imidazole rings is 1. The maximum absolute atomic E-state index is 12.5. The van der Waals surface area contributed by atoms with Crippen LogP contribution in [0.25, 0.3) is 0 Å². The fourth-order valence-electron chi connectivity index (χ4n) is 1.58. The van der Waals surface area contributed by atoms with Gasteiger partial charge in [-0.25, -0.2) is 9.67 Å². The van der Waals surface area contributed by atoms with Gasteiger partial charge in [-0.3, -0.25) is 4.79 Å². The summed E-state index contributed by atoms with van der Waals surface area (Å²) >= 11 is 0. The summed E-state index contributed by atoms with van der Waals surface area (Å²) in [6.07, 6.45) is 0.893. The molecule has 0 bridgehead atoms. The van der Waals surface area contributed by atoms with E-state index in [2.05, 4.69) is 10.1 Å². The van der Waals surface area contributed by atoms with Crippen molar-refractivity contribution < 1.29 is 13.2 Å². The van der Waals surface area contributed by atoms with Gasteiger partial charge in [0.25, 0.3) is 5.56 Å². The van der Waals surface area contributed by atoms with Crippen molar-refractivity contribution in [2.24, 2.45) is 0 Å². The molecular weight excluding hydrogens is 261 g/mol. The van der Waals surface area contributed by atoms with E-state index in [9.17, 15) is 18.0 Å². The van der Waals surface area contributed by atoms with Gasteiger partial charge in [-0.1, -0.05) is 0 Å². The van der Waals surface area contributed by atoms with Crippen molar-refractivity contribution in [1.82, 2.24) is 19.3 Å². The van der Waals surface area contributed by atoms with Crippen molar-refractivity contribution >= 4 is 0 Å². The van der Waals surface area contributed by atoms with Crippen LogP contribution in [0.2, 0.25) is 0 Å². The minimum absolute atomic E-state index is 0.126. The Balaban J connectivity index is 2.05. The van der Waals surface area contributed by atoms with Crippen molar-refractivity contribution in [1.29, 1.82) is 0 Å². The average molecular weight is 272 g/mol. The number of hydrogen-bond donors (Lipinski definition) is 0. The fraction of sp³-hybridized carbons (Fsp3) is 0.364. The molecule has 2 heterocycles. The lowest BCUT2D eigenvalue weighted by atomic mass is 10.3. The molecule has 0 amide bonds. The van der Waals surface area contributed by atoms with E-state index in [4.69, 9.17) is 0 Å². The smallest absolute Gasteiger partial charge is 0.337 e.